The molecule has 1 aliphatic rings. The molecule has 10 heteroatoms. The average Bonchev–Trinajstić information content (AvgIpc) is 3.14. The molecule has 0 fully saturated rings. The number of aryl methyl sites for hydroxylation is 1. The Kier molecular flexibility index (Phi) is 9.29. The zero-order valence-corrected chi connectivity index (χ0v) is 22.0. The highest BCUT2D eigenvalue weighted by Crippen LogP contribution is 2.35. The number of nitrogens with zero attached hydrogens (tertiary/aromatic N) is 2. The maximum absolute atomic E-state index is 12.7. The van der Waals surface area contributed by atoms with E-state index in [1.165, 1.54) is 11.8 Å². The van der Waals surface area contributed by atoms with Gasteiger partial charge in [0.2, 0.25) is 5.91 Å². The first-order valence-electron chi connectivity index (χ1n) is 11.6. The van der Waals surface area contributed by atoms with Gasteiger partial charge in [-0.1, -0.05) is 6.92 Å². The fourth-order valence-corrected chi connectivity index (χ4v) is 5.91. The fraction of sp³-hybridized carbons (Fsp3) is 0.480. The van der Waals surface area contributed by atoms with Crippen LogP contribution in [0.4, 0.5) is 5.00 Å². The summed E-state index contributed by atoms with van der Waals surface area (Å²) in [6, 6.07) is 4.15. The van der Waals surface area contributed by atoms with Crippen LogP contribution >= 0.6 is 23.1 Å². The summed E-state index contributed by atoms with van der Waals surface area (Å²) in [7, 11) is 0. The van der Waals surface area contributed by atoms with Crippen molar-refractivity contribution in [1.82, 2.24) is 4.98 Å². The van der Waals surface area contributed by atoms with Gasteiger partial charge in [-0.2, -0.15) is 5.26 Å². The number of hydrogen-bond acceptors (Lipinski definition) is 9. The van der Waals surface area contributed by atoms with Crippen molar-refractivity contribution in [2.24, 2.45) is 5.92 Å². The lowest BCUT2D eigenvalue weighted by Gasteiger charge is -2.21. The SMILES string of the molecule is CCOC(=O)c1sc(NC(=O)CCSc2nc3c(cc2C#N)CC(C)CC3)c(C(=O)OCC)c1C. The Morgan fingerprint density at radius 2 is 1.97 bits per heavy atom. The predicted octanol–water partition coefficient (Wildman–Crippen LogP) is 4.92. The molecular formula is C25H29N3O5S2. The first-order chi connectivity index (χ1) is 16.8. The van der Waals surface area contributed by atoms with Crippen LogP contribution in [0.1, 0.15) is 76.0 Å². The average molecular weight is 516 g/mol. The summed E-state index contributed by atoms with van der Waals surface area (Å²) in [5, 5.41) is 13.2. The minimum absolute atomic E-state index is 0.138. The van der Waals surface area contributed by atoms with Gasteiger partial charge in [-0.05, 0) is 63.1 Å². The molecule has 1 aliphatic carbocycles. The number of esters is 2. The van der Waals surface area contributed by atoms with Crippen molar-refractivity contribution < 1.29 is 23.9 Å². The van der Waals surface area contributed by atoms with Crippen LogP contribution in [-0.4, -0.2) is 41.8 Å². The molecule has 2 aromatic rings. The van der Waals surface area contributed by atoms with Crippen molar-refractivity contribution >= 4 is 45.9 Å². The van der Waals surface area contributed by atoms with Crippen LogP contribution in [0.15, 0.2) is 11.1 Å². The van der Waals surface area contributed by atoms with E-state index < -0.39 is 11.9 Å². The maximum atomic E-state index is 12.7. The molecule has 8 nitrogen and oxygen atoms in total. The summed E-state index contributed by atoms with van der Waals surface area (Å²) >= 11 is 2.36. The van der Waals surface area contributed by atoms with Crippen molar-refractivity contribution in [1.29, 1.82) is 5.26 Å². The second kappa shape index (κ2) is 12.2. The van der Waals surface area contributed by atoms with E-state index in [9.17, 15) is 19.6 Å². The van der Waals surface area contributed by atoms with Crippen molar-refractivity contribution in [3.8, 4) is 6.07 Å². The number of nitriles is 1. The van der Waals surface area contributed by atoms with E-state index in [1.807, 2.05) is 6.07 Å². The molecule has 1 amide bonds. The second-order valence-electron chi connectivity index (χ2n) is 8.25. The van der Waals surface area contributed by atoms with Gasteiger partial charge in [-0.15, -0.1) is 23.1 Å². The molecule has 35 heavy (non-hydrogen) atoms. The lowest BCUT2D eigenvalue weighted by molar-refractivity contribution is -0.115. The Labute approximate surface area is 213 Å². The molecule has 0 bridgehead atoms. The monoisotopic (exact) mass is 515 g/mol. The Hall–Kier alpha value is -2.90. The van der Waals surface area contributed by atoms with E-state index in [-0.39, 0.29) is 41.0 Å². The zero-order chi connectivity index (χ0) is 25.5. The number of ether oxygens (including phenoxy) is 2. The van der Waals surface area contributed by atoms with E-state index in [0.717, 1.165) is 41.9 Å². The Bertz CT molecular complexity index is 1170. The van der Waals surface area contributed by atoms with Gasteiger partial charge in [0.05, 0.1) is 24.3 Å². The van der Waals surface area contributed by atoms with Crippen LogP contribution in [-0.2, 0) is 27.1 Å². The first-order valence-corrected chi connectivity index (χ1v) is 13.4. The highest BCUT2D eigenvalue weighted by Gasteiger charge is 2.27. The number of amides is 1. The van der Waals surface area contributed by atoms with E-state index in [2.05, 4.69) is 18.3 Å². The van der Waals surface area contributed by atoms with E-state index in [0.29, 0.717) is 27.8 Å². The number of aromatic nitrogens is 1. The topological polar surface area (TPSA) is 118 Å². The largest absolute Gasteiger partial charge is 0.462 e. The number of thiophene rings is 1. The lowest BCUT2D eigenvalue weighted by Crippen LogP contribution is -2.15. The van der Waals surface area contributed by atoms with E-state index in [1.54, 1.807) is 20.8 Å². The minimum atomic E-state index is -0.604. The van der Waals surface area contributed by atoms with Gasteiger partial charge in [-0.3, -0.25) is 4.79 Å². The van der Waals surface area contributed by atoms with Gasteiger partial charge < -0.3 is 14.8 Å². The molecule has 1 unspecified atom stereocenters. The number of thioether (sulfide) groups is 1. The summed E-state index contributed by atoms with van der Waals surface area (Å²) in [6.07, 6.45) is 3.04. The number of fused-ring (bicyclic) bond motifs is 1. The summed E-state index contributed by atoms with van der Waals surface area (Å²) in [5.41, 5.74) is 3.29. The van der Waals surface area contributed by atoms with E-state index >= 15 is 0 Å². The zero-order valence-electron chi connectivity index (χ0n) is 20.4. The molecule has 186 valence electrons. The summed E-state index contributed by atoms with van der Waals surface area (Å²) < 4.78 is 10.2. The fourth-order valence-electron chi connectivity index (χ4n) is 3.89. The quantitative estimate of drug-likeness (QED) is 0.369. The van der Waals surface area contributed by atoms with Gasteiger partial charge >= 0.3 is 11.9 Å². The van der Waals surface area contributed by atoms with Crippen molar-refractivity contribution in [2.75, 3.05) is 24.3 Å². The Morgan fingerprint density at radius 1 is 1.26 bits per heavy atom. The van der Waals surface area contributed by atoms with Crippen LogP contribution in [0, 0.1) is 24.2 Å². The molecule has 2 heterocycles. The molecule has 2 aromatic heterocycles. The predicted molar refractivity (Wildman–Crippen MR) is 135 cm³/mol. The van der Waals surface area contributed by atoms with Crippen LogP contribution in [0.3, 0.4) is 0 Å². The first kappa shape index (κ1) is 26.7. The molecular weight excluding hydrogens is 486 g/mol. The number of rotatable bonds is 9. The molecule has 1 atom stereocenters. The number of nitrogens with one attached hydrogen (secondary N) is 1. The standard InChI is InChI=1S/C25H29N3O5S2/c1-5-32-24(30)20-15(4)21(25(31)33-6-2)35-23(20)28-19(29)9-10-34-22-17(13-26)12-16-11-14(3)7-8-18(16)27-22/h12,14H,5-11H2,1-4H3,(H,28,29). The van der Waals surface area contributed by atoms with Crippen LogP contribution in [0.2, 0.25) is 0 Å². The third kappa shape index (κ3) is 6.41. The third-order valence-corrected chi connectivity index (χ3v) is 7.81. The number of carbonyl (C=O) groups is 3. The molecule has 0 saturated carbocycles. The number of anilines is 1. The maximum Gasteiger partial charge on any atom is 0.348 e. The summed E-state index contributed by atoms with van der Waals surface area (Å²) in [6.45, 7) is 7.58. The van der Waals surface area contributed by atoms with Gasteiger partial charge in [0.1, 0.15) is 21.0 Å². The van der Waals surface area contributed by atoms with Crippen molar-refractivity contribution in [3.63, 3.8) is 0 Å². The minimum Gasteiger partial charge on any atom is -0.462 e. The molecule has 3 rings (SSSR count). The van der Waals surface area contributed by atoms with Gasteiger partial charge in [0, 0.05) is 17.9 Å². The highest BCUT2D eigenvalue weighted by atomic mass is 32.2. The normalized spacial score (nSPS) is 14.5. The highest BCUT2D eigenvalue weighted by molar-refractivity contribution is 7.99. The third-order valence-electron chi connectivity index (χ3n) is 5.63. The Morgan fingerprint density at radius 3 is 2.66 bits per heavy atom. The lowest BCUT2D eigenvalue weighted by atomic mass is 9.87. The Balaban J connectivity index is 1.70. The molecule has 0 aliphatic heterocycles. The van der Waals surface area contributed by atoms with Crippen molar-refractivity contribution in [3.05, 3.63) is 38.9 Å². The number of pyridine rings is 1. The smallest absolute Gasteiger partial charge is 0.348 e. The van der Waals surface area contributed by atoms with Gasteiger partial charge in [0.25, 0.3) is 0 Å². The second-order valence-corrected chi connectivity index (χ2v) is 10.4. The molecule has 0 radical (unpaired) electrons. The molecule has 0 aromatic carbocycles. The van der Waals surface area contributed by atoms with Gasteiger partial charge in [0.15, 0.2) is 0 Å². The molecule has 0 spiro atoms. The number of carbonyl (C=O) groups excluding carboxylic acids is 3. The van der Waals surface area contributed by atoms with Crippen LogP contribution in [0.25, 0.3) is 0 Å². The summed E-state index contributed by atoms with van der Waals surface area (Å²) in [5.74, 6) is -0.471. The summed E-state index contributed by atoms with van der Waals surface area (Å²) in [4.78, 5) is 42.5. The van der Waals surface area contributed by atoms with Crippen LogP contribution in [0.5, 0.6) is 0 Å². The van der Waals surface area contributed by atoms with Gasteiger partial charge in [-0.25, -0.2) is 14.6 Å². The molecule has 1 N–H and O–H groups in total. The van der Waals surface area contributed by atoms with Crippen LogP contribution < -0.4 is 5.32 Å². The molecule has 0 saturated heterocycles. The van der Waals surface area contributed by atoms with E-state index in [4.69, 9.17) is 14.5 Å². The number of hydrogen-bond donors (Lipinski definition) is 1. The van der Waals surface area contributed by atoms with Crippen molar-refractivity contribution in [2.45, 2.75) is 58.4 Å².